The molecule has 2 aromatic rings. The highest BCUT2D eigenvalue weighted by atomic mass is 35.7. The molecule has 0 amide bonds. The average molecular weight is 277 g/mol. The van der Waals surface area contributed by atoms with Gasteiger partial charge in [0.2, 0.25) is 0 Å². The maximum absolute atomic E-state index is 11.2. The van der Waals surface area contributed by atoms with Crippen molar-refractivity contribution in [3.63, 3.8) is 0 Å². The van der Waals surface area contributed by atoms with Crippen LogP contribution in [-0.4, -0.2) is 18.6 Å². The number of nitrogens with one attached hydrogen (secondary N) is 1. The van der Waals surface area contributed by atoms with Crippen molar-refractivity contribution in [1.82, 2.24) is 10.2 Å². The van der Waals surface area contributed by atoms with Crippen molar-refractivity contribution in [2.24, 2.45) is 0 Å². The summed E-state index contributed by atoms with van der Waals surface area (Å²) in [6.45, 7) is 0. The molecule has 0 aliphatic heterocycles. The van der Waals surface area contributed by atoms with E-state index >= 15 is 0 Å². The summed E-state index contributed by atoms with van der Waals surface area (Å²) in [6, 6.07) is 6.67. The predicted molar refractivity (Wildman–Crippen MR) is 62.1 cm³/mol. The number of nitrogens with zero attached hydrogens (tertiary/aromatic N) is 1. The zero-order valence-electron chi connectivity index (χ0n) is 7.81. The second-order valence-corrected chi connectivity index (χ2v) is 6.02. The minimum absolute atomic E-state index is 0.0449. The van der Waals surface area contributed by atoms with Crippen molar-refractivity contribution in [3.05, 3.63) is 35.5 Å². The fourth-order valence-corrected chi connectivity index (χ4v) is 2.35. The van der Waals surface area contributed by atoms with Gasteiger partial charge in [0.1, 0.15) is 4.90 Å². The Labute approximate surface area is 102 Å². The van der Waals surface area contributed by atoms with Gasteiger partial charge in [-0.15, -0.1) is 0 Å². The number of rotatable bonds is 2. The Morgan fingerprint density at radius 2 is 1.81 bits per heavy atom. The first kappa shape index (κ1) is 11.4. The van der Waals surface area contributed by atoms with Crippen molar-refractivity contribution < 1.29 is 8.42 Å². The second-order valence-electron chi connectivity index (χ2n) is 3.05. The molecule has 0 aliphatic carbocycles. The molecule has 4 nitrogen and oxygen atoms in total. The summed E-state index contributed by atoms with van der Waals surface area (Å²) < 4.78 is 22.5. The number of hydrogen-bond acceptors (Lipinski definition) is 3. The molecule has 7 heteroatoms. The number of hydrogen-bond donors (Lipinski definition) is 1. The molecule has 0 radical (unpaired) electrons. The monoisotopic (exact) mass is 276 g/mol. The van der Waals surface area contributed by atoms with Gasteiger partial charge in [-0.25, -0.2) is 8.42 Å². The van der Waals surface area contributed by atoms with Crippen molar-refractivity contribution in [2.75, 3.05) is 0 Å². The fraction of sp³-hybridized carbons (Fsp3) is 0. The molecule has 1 aromatic heterocycles. The lowest BCUT2D eigenvalue weighted by molar-refractivity contribution is 0.610. The van der Waals surface area contributed by atoms with Gasteiger partial charge in [-0.2, -0.15) is 5.10 Å². The first-order chi connectivity index (χ1) is 7.48. The minimum atomic E-state index is -3.80. The number of halogens is 2. The lowest BCUT2D eigenvalue weighted by Gasteiger charge is -2.00. The van der Waals surface area contributed by atoms with Crippen LogP contribution in [0.15, 0.2) is 35.4 Å². The maximum atomic E-state index is 11.2. The molecular formula is C9H6Cl2N2O2S. The van der Waals surface area contributed by atoms with Gasteiger partial charge in [0, 0.05) is 21.3 Å². The van der Waals surface area contributed by atoms with E-state index in [1.54, 1.807) is 24.3 Å². The van der Waals surface area contributed by atoms with Gasteiger partial charge in [-0.05, 0) is 12.1 Å². The van der Waals surface area contributed by atoms with Crippen LogP contribution in [-0.2, 0) is 9.05 Å². The second kappa shape index (κ2) is 4.08. The molecule has 0 unspecified atom stereocenters. The molecule has 1 aromatic carbocycles. The Morgan fingerprint density at radius 3 is 2.38 bits per heavy atom. The van der Waals surface area contributed by atoms with Crippen molar-refractivity contribution in [1.29, 1.82) is 0 Å². The van der Waals surface area contributed by atoms with Gasteiger partial charge < -0.3 is 0 Å². The van der Waals surface area contributed by atoms with Crippen molar-refractivity contribution in [3.8, 4) is 11.3 Å². The highest BCUT2D eigenvalue weighted by Crippen LogP contribution is 2.27. The molecular weight excluding hydrogens is 271 g/mol. The van der Waals surface area contributed by atoms with Crippen LogP contribution in [0, 0.1) is 0 Å². The van der Waals surface area contributed by atoms with Gasteiger partial charge in [-0.1, -0.05) is 23.7 Å². The van der Waals surface area contributed by atoms with Gasteiger partial charge in [0.25, 0.3) is 9.05 Å². The van der Waals surface area contributed by atoms with E-state index in [4.69, 9.17) is 22.3 Å². The van der Waals surface area contributed by atoms with E-state index in [0.717, 1.165) is 0 Å². The van der Waals surface area contributed by atoms with Crippen LogP contribution < -0.4 is 0 Å². The summed E-state index contributed by atoms with van der Waals surface area (Å²) in [5, 5.41) is 6.83. The minimum Gasteiger partial charge on any atom is -0.276 e. The molecule has 0 bridgehead atoms. The molecule has 0 saturated heterocycles. The SMILES string of the molecule is O=S(=O)(Cl)c1cn[nH]c1-c1ccc(Cl)cc1. The van der Waals surface area contributed by atoms with Crippen LogP contribution in [0.1, 0.15) is 0 Å². The zero-order valence-corrected chi connectivity index (χ0v) is 10.1. The Kier molecular flexibility index (Phi) is 2.92. The van der Waals surface area contributed by atoms with Crippen LogP contribution >= 0.6 is 22.3 Å². The molecule has 0 atom stereocenters. The van der Waals surface area contributed by atoms with Crippen LogP contribution in [0.4, 0.5) is 0 Å². The fourth-order valence-electron chi connectivity index (χ4n) is 1.28. The molecule has 1 heterocycles. The van der Waals surface area contributed by atoms with E-state index in [2.05, 4.69) is 10.2 Å². The molecule has 0 spiro atoms. The summed E-state index contributed by atoms with van der Waals surface area (Å²) in [4.78, 5) is -0.0449. The first-order valence-corrected chi connectivity index (χ1v) is 6.91. The number of benzene rings is 1. The smallest absolute Gasteiger partial charge is 0.265 e. The van der Waals surface area contributed by atoms with Gasteiger partial charge in [-0.3, -0.25) is 5.10 Å². The van der Waals surface area contributed by atoms with E-state index in [1.165, 1.54) is 6.20 Å². The van der Waals surface area contributed by atoms with Crippen LogP contribution in [0.3, 0.4) is 0 Å². The van der Waals surface area contributed by atoms with Crippen LogP contribution in [0.25, 0.3) is 11.3 Å². The zero-order chi connectivity index (χ0) is 11.8. The summed E-state index contributed by atoms with van der Waals surface area (Å²) in [7, 11) is 1.47. The summed E-state index contributed by atoms with van der Waals surface area (Å²) in [5.41, 5.74) is 1.01. The first-order valence-electron chi connectivity index (χ1n) is 4.22. The Balaban J connectivity index is 2.58. The van der Waals surface area contributed by atoms with Gasteiger partial charge in [0.05, 0.1) is 11.9 Å². The third-order valence-corrected chi connectivity index (χ3v) is 3.59. The Hall–Kier alpha value is -1.04. The van der Waals surface area contributed by atoms with E-state index in [9.17, 15) is 8.42 Å². The Bertz CT molecular complexity index is 605. The van der Waals surface area contributed by atoms with Crippen LogP contribution in [0.5, 0.6) is 0 Å². The predicted octanol–water partition coefficient (Wildman–Crippen LogP) is 2.66. The van der Waals surface area contributed by atoms with E-state index in [-0.39, 0.29) is 4.90 Å². The molecule has 0 fully saturated rings. The standard InChI is InChI=1S/C9H6Cl2N2O2S/c10-7-3-1-6(2-4-7)9-8(5-12-13-9)16(11,14)15/h1-5H,(H,12,13). The van der Waals surface area contributed by atoms with Crippen molar-refractivity contribution >= 4 is 31.3 Å². The van der Waals surface area contributed by atoms with Crippen molar-refractivity contribution in [2.45, 2.75) is 4.90 Å². The summed E-state index contributed by atoms with van der Waals surface area (Å²) in [6.07, 6.45) is 1.17. The van der Waals surface area contributed by atoms with Gasteiger partial charge in [0.15, 0.2) is 0 Å². The molecule has 16 heavy (non-hydrogen) atoms. The maximum Gasteiger partial charge on any atom is 0.265 e. The molecule has 84 valence electrons. The lowest BCUT2D eigenvalue weighted by atomic mass is 10.2. The summed E-state index contributed by atoms with van der Waals surface area (Å²) >= 11 is 5.73. The quantitative estimate of drug-likeness (QED) is 0.858. The topological polar surface area (TPSA) is 62.8 Å². The lowest BCUT2D eigenvalue weighted by Crippen LogP contribution is -1.91. The van der Waals surface area contributed by atoms with Crippen LogP contribution in [0.2, 0.25) is 5.02 Å². The van der Waals surface area contributed by atoms with Gasteiger partial charge >= 0.3 is 0 Å². The average Bonchev–Trinajstić information content (AvgIpc) is 2.66. The van der Waals surface area contributed by atoms with E-state index in [1.807, 2.05) is 0 Å². The third-order valence-electron chi connectivity index (χ3n) is 2.00. The molecule has 1 N–H and O–H groups in total. The van der Waals surface area contributed by atoms with E-state index < -0.39 is 9.05 Å². The van der Waals surface area contributed by atoms with E-state index in [0.29, 0.717) is 16.3 Å². The third kappa shape index (κ3) is 2.21. The molecule has 0 saturated carbocycles. The molecule has 0 aliphatic rings. The normalized spacial score (nSPS) is 11.6. The Morgan fingerprint density at radius 1 is 1.19 bits per heavy atom. The highest BCUT2D eigenvalue weighted by molar-refractivity contribution is 8.13. The number of aromatic amines is 1. The number of H-pyrrole nitrogens is 1. The highest BCUT2D eigenvalue weighted by Gasteiger charge is 2.18. The largest absolute Gasteiger partial charge is 0.276 e. The summed E-state index contributed by atoms with van der Waals surface area (Å²) in [5.74, 6) is 0. The molecule has 2 rings (SSSR count). The number of aromatic nitrogens is 2.